The molecule has 0 atom stereocenters. The van der Waals surface area contributed by atoms with Crippen molar-refractivity contribution < 1.29 is 4.79 Å². The fourth-order valence-electron chi connectivity index (χ4n) is 2.15. The molecule has 0 unspecified atom stereocenters. The molecular weight excluding hydrogens is 160 g/mol. The van der Waals surface area contributed by atoms with Crippen LogP contribution in [0.25, 0.3) is 0 Å². The zero-order valence-corrected chi connectivity index (χ0v) is 8.86. The minimum Gasteiger partial charge on any atom is -0.295 e. The maximum absolute atomic E-state index is 11.4. The van der Waals surface area contributed by atoms with Crippen LogP contribution in [0.15, 0.2) is 11.1 Å². The molecule has 0 spiro atoms. The Morgan fingerprint density at radius 1 is 1.23 bits per heavy atom. The van der Waals surface area contributed by atoms with Crippen molar-refractivity contribution >= 4 is 5.78 Å². The van der Waals surface area contributed by atoms with Gasteiger partial charge in [-0.05, 0) is 44.6 Å². The predicted octanol–water partition coefficient (Wildman–Crippen LogP) is 3.64. The lowest BCUT2D eigenvalue weighted by Gasteiger charge is -2.08. The van der Waals surface area contributed by atoms with Crippen LogP contribution in [0, 0.1) is 0 Å². The molecule has 1 rings (SSSR count). The van der Waals surface area contributed by atoms with E-state index >= 15 is 0 Å². The minimum absolute atomic E-state index is 0.311. The van der Waals surface area contributed by atoms with Gasteiger partial charge in [0, 0.05) is 0 Å². The number of Topliss-reactive ketones (excluding diaryl/α,β-unsaturated/α-hetero) is 1. The first-order chi connectivity index (χ1) is 6.25. The Hall–Kier alpha value is -0.590. The van der Waals surface area contributed by atoms with Crippen molar-refractivity contribution in [1.82, 2.24) is 0 Å². The smallest absolute Gasteiger partial charge is 0.155 e. The highest BCUT2D eigenvalue weighted by molar-refractivity contribution is 5.94. The molecule has 0 radical (unpaired) electrons. The fourth-order valence-corrected chi connectivity index (χ4v) is 2.15. The highest BCUT2D eigenvalue weighted by atomic mass is 16.1. The van der Waals surface area contributed by atoms with E-state index in [1.165, 1.54) is 37.7 Å². The van der Waals surface area contributed by atoms with E-state index in [0.29, 0.717) is 5.78 Å². The van der Waals surface area contributed by atoms with Crippen molar-refractivity contribution in [3.8, 4) is 0 Å². The SMILES string of the molecule is CCCC1=C(C(C)=O)CCCCC1. The quantitative estimate of drug-likeness (QED) is 0.648. The van der Waals surface area contributed by atoms with E-state index in [1.54, 1.807) is 6.92 Å². The van der Waals surface area contributed by atoms with Gasteiger partial charge >= 0.3 is 0 Å². The van der Waals surface area contributed by atoms with Crippen molar-refractivity contribution in [2.75, 3.05) is 0 Å². The molecule has 0 heterocycles. The first-order valence-electron chi connectivity index (χ1n) is 5.47. The maximum atomic E-state index is 11.4. The van der Waals surface area contributed by atoms with Gasteiger partial charge in [0.05, 0.1) is 0 Å². The van der Waals surface area contributed by atoms with Crippen LogP contribution in [0.5, 0.6) is 0 Å². The lowest BCUT2D eigenvalue weighted by molar-refractivity contribution is -0.113. The Morgan fingerprint density at radius 3 is 2.54 bits per heavy atom. The van der Waals surface area contributed by atoms with Crippen LogP contribution in [-0.2, 0) is 4.79 Å². The van der Waals surface area contributed by atoms with Crippen molar-refractivity contribution in [3.05, 3.63) is 11.1 Å². The molecule has 0 bridgehead atoms. The molecule has 0 N–H and O–H groups in total. The second-order valence-corrected chi connectivity index (χ2v) is 3.95. The summed E-state index contributed by atoms with van der Waals surface area (Å²) in [6.45, 7) is 3.91. The van der Waals surface area contributed by atoms with E-state index in [1.807, 2.05) is 0 Å². The number of hydrogen-bond donors (Lipinski definition) is 0. The van der Waals surface area contributed by atoms with E-state index in [2.05, 4.69) is 6.92 Å². The largest absolute Gasteiger partial charge is 0.295 e. The third kappa shape index (κ3) is 2.98. The molecule has 1 heteroatoms. The average Bonchev–Trinajstić information content (AvgIpc) is 2.30. The van der Waals surface area contributed by atoms with Gasteiger partial charge in [-0.2, -0.15) is 0 Å². The number of hydrogen-bond acceptors (Lipinski definition) is 1. The predicted molar refractivity (Wildman–Crippen MR) is 55.7 cm³/mol. The minimum atomic E-state index is 0.311. The number of carbonyl (C=O) groups is 1. The summed E-state index contributed by atoms with van der Waals surface area (Å²) in [6.07, 6.45) is 8.30. The van der Waals surface area contributed by atoms with E-state index < -0.39 is 0 Å². The number of rotatable bonds is 3. The summed E-state index contributed by atoms with van der Waals surface area (Å²) in [5.74, 6) is 0.311. The summed E-state index contributed by atoms with van der Waals surface area (Å²) in [6, 6.07) is 0. The number of carbonyl (C=O) groups excluding carboxylic acids is 1. The Kier molecular flexibility index (Phi) is 4.20. The third-order valence-corrected chi connectivity index (χ3v) is 2.81. The molecule has 74 valence electrons. The Bertz CT molecular complexity index is 213. The monoisotopic (exact) mass is 180 g/mol. The number of allylic oxidation sites excluding steroid dienone is 2. The summed E-state index contributed by atoms with van der Waals surface area (Å²) in [7, 11) is 0. The highest BCUT2D eigenvalue weighted by Crippen LogP contribution is 2.27. The normalized spacial score (nSPS) is 18.6. The van der Waals surface area contributed by atoms with E-state index in [0.717, 1.165) is 18.4 Å². The van der Waals surface area contributed by atoms with Crippen LogP contribution in [0.2, 0.25) is 0 Å². The average molecular weight is 180 g/mol. The highest BCUT2D eigenvalue weighted by Gasteiger charge is 2.13. The molecule has 0 aromatic carbocycles. The van der Waals surface area contributed by atoms with Crippen LogP contribution in [0.1, 0.15) is 58.8 Å². The molecule has 0 amide bonds. The van der Waals surface area contributed by atoms with Gasteiger partial charge in [-0.3, -0.25) is 4.79 Å². The zero-order chi connectivity index (χ0) is 9.68. The molecule has 1 nitrogen and oxygen atoms in total. The van der Waals surface area contributed by atoms with Crippen LogP contribution in [-0.4, -0.2) is 5.78 Å². The van der Waals surface area contributed by atoms with Crippen LogP contribution < -0.4 is 0 Å². The molecule has 0 saturated heterocycles. The third-order valence-electron chi connectivity index (χ3n) is 2.81. The summed E-state index contributed by atoms with van der Waals surface area (Å²) in [5, 5.41) is 0. The van der Waals surface area contributed by atoms with Crippen molar-refractivity contribution in [1.29, 1.82) is 0 Å². The van der Waals surface area contributed by atoms with Crippen molar-refractivity contribution in [2.24, 2.45) is 0 Å². The van der Waals surface area contributed by atoms with Crippen LogP contribution in [0.3, 0.4) is 0 Å². The summed E-state index contributed by atoms with van der Waals surface area (Å²) < 4.78 is 0. The van der Waals surface area contributed by atoms with Gasteiger partial charge < -0.3 is 0 Å². The topological polar surface area (TPSA) is 17.1 Å². The lowest BCUT2D eigenvalue weighted by Crippen LogP contribution is -2.00. The molecule has 0 saturated carbocycles. The first-order valence-corrected chi connectivity index (χ1v) is 5.47. The van der Waals surface area contributed by atoms with Gasteiger partial charge in [0.2, 0.25) is 0 Å². The van der Waals surface area contributed by atoms with E-state index in [9.17, 15) is 4.79 Å². The number of ketones is 1. The molecule has 0 fully saturated rings. The Balaban J connectivity index is 2.78. The van der Waals surface area contributed by atoms with Gasteiger partial charge in [0.15, 0.2) is 5.78 Å². The molecule has 0 aliphatic heterocycles. The molecular formula is C12H20O. The summed E-state index contributed by atoms with van der Waals surface area (Å²) in [5.41, 5.74) is 2.60. The molecule has 0 aromatic rings. The van der Waals surface area contributed by atoms with Crippen LogP contribution >= 0.6 is 0 Å². The zero-order valence-electron chi connectivity index (χ0n) is 8.86. The lowest BCUT2D eigenvalue weighted by atomic mass is 9.97. The summed E-state index contributed by atoms with van der Waals surface area (Å²) >= 11 is 0. The van der Waals surface area contributed by atoms with Gasteiger partial charge in [-0.25, -0.2) is 0 Å². The van der Waals surface area contributed by atoms with E-state index in [4.69, 9.17) is 0 Å². The summed E-state index contributed by atoms with van der Waals surface area (Å²) in [4.78, 5) is 11.4. The molecule has 1 aliphatic rings. The van der Waals surface area contributed by atoms with Gasteiger partial charge in [0.25, 0.3) is 0 Å². The van der Waals surface area contributed by atoms with Gasteiger partial charge in [-0.15, -0.1) is 0 Å². The van der Waals surface area contributed by atoms with Crippen molar-refractivity contribution in [3.63, 3.8) is 0 Å². The Labute approximate surface area is 81.2 Å². The first kappa shape index (κ1) is 10.5. The fraction of sp³-hybridized carbons (Fsp3) is 0.750. The Morgan fingerprint density at radius 2 is 1.92 bits per heavy atom. The van der Waals surface area contributed by atoms with Crippen LogP contribution in [0.4, 0.5) is 0 Å². The molecule has 13 heavy (non-hydrogen) atoms. The van der Waals surface area contributed by atoms with E-state index in [-0.39, 0.29) is 0 Å². The standard InChI is InChI=1S/C12H20O/c1-3-7-11-8-5-4-6-9-12(11)10(2)13/h3-9H2,1-2H3. The maximum Gasteiger partial charge on any atom is 0.155 e. The van der Waals surface area contributed by atoms with Gasteiger partial charge in [0.1, 0.15) is 0 Å². The molecule has 1 aliphatic carbocycles. The molecule has 0 aromatic heterocycles. The second-order valence-electron chi connectivity index (χ2n) is 3.95. The second kappa shape index (κ2) is 5.21. The van der Waals surface area contributed by atoms with Gasteiger partial charge in [-0.1, -0.05) is 25.3 Å². The van der Waals surface area contributed by atoms with Crippen molar-refractivity contribution in [2.45, 2.75) is 58.8 Å².